The average molecular weight is 428 g/mol. The molecule has 29 heavy (non-hydrogen) atoms. The van der Waals surface area contributed by atoms with Crippen molar-refractivity contribution in [3.63, 3.8) is 0 Å². The summed E-state index contributed by atoms with van der Waals surface area (Å²) in [6.45, 7) is 3.84. The number of halogens is 3. The fourth-order valence-electron chi connectivity index (χ4n) is 4.92. The Morgan fingerprint density at radius 3 is 2.79 bits per heavy atom. The van der Waals surface area contributed by atoms with E-state index in [9.17, 15) is 17.4 Å². The van der Waals surface area contributed by atoms with Crippen LogP contribution in [-0.4, -0.2) is 57.9 Å². The summed E-state index contributed by atoms with van der Waals surface area (Å²) in [6, 6.07) is 4.05. The van der Waals surface area contributed by atoms with Gasteiger partial charge in [-0.1, -0.05) is 0 Å². The first-order valence-electron chi connectivity index (χ1n) is 10.2. The van der Waals surface area contributed by atoms with Crippen LogP contribution >= 0.6 is 0 Å². The molecule has 160 valence electrons. The molecule has 2 aliphatic rings. The molecule has 2 heterocycles. The van der Waals surface area contributed by atoms with Gasteiger partial charge in [-0.15, -0.1) is 0 Å². The molecule has 1 N–H and O–H groups in total. The third kappa shape index (κ3) is 4.39. The number of fused-ring (bicyclic) bond motifs is 4. The number of nitrogens with one attached hydrogen (secondary N) is 1. The fraction of sp³-hybridized carbons (Fsp3) is 0.619. The second kappa shape index (κ2) is 8.04. The summed E-state index contributed by atoms with van der Waals surface area (Å²) in [4.78, 5) is 5.85. The highest BCUT2D eigenvalue weighted by Gasteiger charge is 2.36. The molecule has 3 atom stereocenters. The van der Waals surface area contributed by atoms with Crippen molar-refractivity contribution in [1.82, 2.24) is 14.2 Å². The Labute approximate surface area is 172 Å². The largest absolute Gasteiger partial charge is 0.416 e. The lowest BCUT2D eigenvalue weighted by molar-refractivity contribution is -0.137. The van der Waals surface area contributed by atoms with E-state index >= 15 is 0 Å². The van der Waals surface area contributed by atoms with Crippen LogP contribution in [0.15, 0.2) is 18.2 Å². The van der Waals surface area contributed by atoms with E-state index in [-0.39, 0.29) is 0 Å². The molecule has 8 heteroatoms. The zero-order valence-corrected chi connectivity index (χ0v) is 17.7. The van der Waals surface area contributed by atoms with E-state index in [4.69, 9.17) is 0 Å². The first kappa shape index (κ1) is 20.9. The molecular formula is C21H28F3N3OS. The van der Waals surface area contributed by atoms with Gasteiger partial charge < -0.3 is 9.88 Å². The molecule has 1 aliphatic heterocycles. The average Bonchev–Trinajstić information content (AvgIpc) is 3.02. The topological polar surface area (TPSA) is 39.3 Å². The van der Waals surface area contributed by atoms with E-state index in [0.29, 0.717) is 11.8 Å². The summed E-state index contributed by atoms with van der Waals surface area (Å²) < 4.78 is 52.8. The van der Waals surface area contributed by atoms with Crippen molar-refractivity contribution in [3.8, 4) is 0 Å². The zero-order chi connectivity index (χ0) is 20.8. The molecular weight excluding hydrogens is 399 g/mol. The molecule has 0 radical (unpaired) electrons. The minimum Gasteiger partial charge on any atom is -0.358 e. The highest BCUT2D eigenvalue weighted by molar-refractivity contribution is 7.81. The van der Waals surface area contributed by atoms with Crippen LogP contribution in [0.5, 0.6) is 0 Å². The van der Waals surface area contributed by atoms with Crippen molar-refractivity contribution in [3.05, 3.63) is 35.0 Å². The number of aromatic amines is 1. The normalized spacial score (nSPS) is 23.9. The Morgan fingerprint density at radius 1 is 1.28 bits per heavy atom. The molecule has 4 nitrogen and oxygen atoms in total. The van der Waals surface area contributed by atoms with Crippen LogP contribution < -0.4 is 0 Å². The van der Waals surface area contributed by atoms with Crippen LogP contribution in [0.1, 0.15) is 29.7 Å². The van der Waals surface area contributed by atoms with Gasteiger partial charge in [-0.2, -0.15) is 13.2 Å². The summed E-state index contributed by atoms with van der Waals surface area (Å²) in [6.07, 6.45) is 1.25. The van der Waals surface area contributed by atoms with Gasteiger partial charge in [0.15, 0.2) is 0 Å². The Balaban J connectivity index is 1.46. The second-order valence-corrected chi connectivity index (χ2v) is 9.96. The number of piperidine rings is 1. The van der Waals surface area contributed by atoms with Gasteiger partial charge in [0, 0.05) is 35.9 Å². The van der Waals surface area contributed by atoms with Crippen LogP contribution in [0, 0.1) is 11.8 Å². The van der Waals surface area contributed by atoms with E-state index in [0.717, 1.165) is 74.0 Å². The van der Waals surface area contributed by atoms with E-state index in [1.54, 1.807) is 12.3 Å². The number of rotatable bonds is 5. The van der Waals surface area contributed by atoms with Gasteiger partial charge in [-0.25, -0.2) is 8.51 Å². The minimum atomic E-state index is -4.31. The summed E-state index contributed by atoms with van der Waals surface area (Å²) >= 11 is 0. The maximum atomic E-state index is 13.2. The fourth-order valence-corrected chi connectivity index (χ4v) is 5.30. The Kier molecular flexibility index (Phi) is 5.79. The second-order valence-electron chi connectivity index (χ2n) is 8.49. The third-order valence-corrected chi connectivity index (χ3v) is 7.68. The van der Waals surface area contributed by atoms with Crippen LogP contribution in [-0.2, 0) is 30.0 Å². The predicted octanol–water partition coefficient (Wildman–Crippen LogP) is 3.84. The SMILES string of the molecule is CN(CCCN1CCC2Cc3[nH]c4ccc(C(F)(F)F)cc4c3CC2C1)S(C)=O. The van der Waals surface area contributed by atoms with Crippen molar-refractivity contribution < 1.29 is 17.4 Å². The summed E-state index contributed by atoms with van der Waals surface area (Å²) in [7, 11) is 0.938. The lowest BCUT2D eigenvalue weighted by atomic mass is 9.74. The number of H-pyrrole nitrogens is 1. The number of aromatic nitrogens is 1. The molecule has 1 aliphatic carbocycles. The molecule has 0 amide bonds. The van der Waals surface area contributed by atoms with Gasteiger partial charge in [-0.3, -0.25) is 0 Å². The van der Waals surface area contributed by atoms with E-state index in [1.807, 2.05) is 11.4 Å². The predicted molar refractivity (Wildman–Crippen MR) is 110 cm³/mol. The van der Waals surface area contributed by atoms with Crippen molar-refractivity contribution >= 4 is 21.9 Å². The Morgan fingerprint density at radius 2 is 2.07 bits per heavy atom. The molecule has 2 aromatic rings. The van der Waals surface area contributed by atoms with Gasteiger partial charge in [0.1, 0.15) is 0 Å². The van der Waals surface area contributed by atoms with Crippen LogP contribution in [0.4, 0.5) is 13.2 Å². The number of likely N-dealkylation sites (tertiary alicyclic amines) is 1. The standard InChI is InChI=1S/C21H28F3N3OS/c1-26(29(2)28)7-3-8-27-9-6-14-11-20-17(10-15(14)13-27)18-12-16(21(22,23)24)4-5-19(18)25-20/h4-5,12,14-15,25H,3,6-11,13H2,1-2H3. The minimum absolute atomic E-state index is 0.489. The van der Waals surface area contributed by atoms with Crippen molar-refractivity contribution in [1.29, 1.82) is 0 Å². The molecule has 1 fully saturated rings. The number of benzene rings is 1. The van der Waals surface area contributed by atoms with Gasteiger partial charge in [-0.05, 0) is 81.4 Å². The van der Waals surface area contributed by atoms with Gasteiger partial charge in [0.2, 0.25) is 0 Å². The smallest absolute Gasteiger partial charge is 0.358 e. The van der Waals surface area contributed by atoms with E-state index < -0.39 is 22.7 Å². The molecule has 1 saturated heterocycles. The summed E-state index contributed by atoms with van der Waals surface area (Å²) in [5.74, 6) is 1.09. The lowest BCUT2D eigenvalue weighted by Crippen LogP contribution is -2.44. The van der Waals surface area contributed by atoms with Gasteiger partial charge in [0.25, 0.3) is 0 Å². The molecule has 1 aromatic heterocycles. The maximum absolute atomic E-state index is 13.2. The first-order chi connectivity index (χ1) is 13.7. The van der Waals surface area contributed by atoms with Crippen LogP contribution in [0.3, 0.4) is 0 Å². The number of alkyl halides is 3. The maximum Gasteiger partial charge on any atom is 0.416 e. The van der Waals surface area contributed by atoms with Crippen molar-refractivity contribution in [2.45, 2.75) is 31.9 Å². The van der Waals surface area contributed by atoms with Crippen LogP contribution in [0.2, 0.25) is 0 Å². The third-order valence-electron chi connectivity index (χ3n) is 6.62. The van der Waals surface area contributed by atoms with Gasteiger partial charge in [0.05, 0.1) is 16.5 Å². The first-order valence-corrected chi connectivity index (χ1v) is 11.7. The molecule has 0 saturated carbocycles. The van der Waals surface area contributed by atoms with E-state index in [2.05, 4.69) is 9.88 Å². The highest BCUT2D eigenvalue weighted by atomic mass is 32.2. The molecule has 3 unspecified atom stereocenters. The van der Waals surface area contributed by atoms with Crippen molar-refractivity contribution in [2.24, 2.45) is 11.8 Å². The quantitative estimate of drug-likeness (QED) is 0.788. The number of nitrogens with zero attached hydrogens (tertiary/aromatic N) is 2. The monoisotopic (exact) mass is 427 g/mol. The Hall–Kier alpha value is -1.38. The van der Waals surface area contributed by atoms with E-state index in [1.165, 1.54) is 12.1 Å². The lowest BCUT2D eigenvalue weighted by Gasteiger charge is -2.41. The highest BCUT2D eigenvalue weighted by Crippen LogP contribution is 2.40. The number of hydrogen-bond acceptors (Lipinski definition) is 2. The van der Waals surface area contributed by atoms with Crippen LogP contribution in [0.25, 0.3) is 10.9 Å². The zero-order valence-electron chi connectivity index (χ0n) is 16.9. The van der Waals surface area contributed by atoms with Crippen molar-refractivity contribution in [2.75, 3.05) is 39.5 Å². The molecule has 0 spiro atoms. The molecule has 1 aromatic carbocycles. The Bertz CT molecular complexity index is 910. The molecule has 4 rings (SSSR count). The molecule has 0 bridgehead atoms. The number of hydrogen-bond donors (Lipinski definition) is 1. The summed E-state index contributed by atoms with van der Waals surface area (Å²) in [5.41, 5.74) is 2.45. The van der Waals surface area contributed by atoms with Gasteiger partial charge >= 0.3 is 6.18 Å². The summed E-state index contributed by atoms with van der Waals surface area (Å²) in [5, 5.41) is 0.734.